The summed E-state index contributed by atoms with van der Waals surface area (Å²) >= 11 is 1.18. The normalized spacial score (nSPS) is 21.6. The summed E-state index contributed by atoms with van der Waals surface area (Å²) in [4.78, 5) is 23.7. The van der Waals surface area contributed by atoms with Crippen LogP contribution in [0.3, 0.4) is 0 Å². The Balaban J connectivity index is 1.96. The Bertz CT molecular complexity index is 694. The molecule has 10 heteroatoms. The number of aromatic amines is 1. The van der Waals surface area contributed by atoms with Gasteiger partial charge >= 0.3 is 5.69 Å². The van der Waals surface area contributed by atoms with Crippen LogP contribution in [-0.4, -0.2) is 51.9 Å². The van der Waals surface area contributed by atoms with Crippen molar-refractivity contribution in [2.75, 3.05) is 11.5 Å². The molecule has 22 heavy (non-hydrogen) atoms. The highest BCUT2D eigenvalue weighted by Crippen LogP contribution is 2.21. The average molecular weight is 348 g/mol. The van der Waals surface area contributed by atoms with Crippen LogP contribution in [0.4, 0.5) is 0 Å². The first-order valence-corrected chi connectivity index (χ1v) is 9.85. The number of carbonyl (C=O) groups excluding carboxylic acids is 1. The first-order chi connectivity index (χ1) is 10.3. The molecule has 1 aromatic rings. The van der Waals surface area contributed by atoms with Gasteiger partial charge in [-0.05, 0) is 19.8 Å². The lowest BCUT2D eigenvalue weighted by Gasteiger charge is -2.15. The quantitative estimate of drug-likeness (QED) is 0.686. The van der Waals surface area contributed by atoms with E-state index in [2.05, 4.69) is 15.5 Å². The zero-order valence-electron chi connectivity index (χ0n) is 12.5. The Morgan fingerprint density at radius 2 is 2.32 bits per heavy atom. The highest BCUT2D eigenvalue weighted by molar-refractivity contribution is 8.00. The minimum Gasteiger partial charge on any atom is -0.351 e. The van der Waals surface area contributed by atoms with E-state index in [9.17, 15) is 18.0 Å². The van der Waals surface area contributed by atoms with Crippen molar-refractivity contribution in [3.05, 3.63) is 10.5 Å². The largest absolute Gasteiger partial charge is 0.351 e. The molecule has 0 bridgehead atoms. The third kappa shape index (κ3) is 4.13. The topological polar surface area (TPSA) is 114 Å². The standard InChI is InChI=1S/C12H20N4O4S2/c1-3-5-16-11(18)14-15-12(16)21-8(2)10(17)13-9-4-6-22(19,20)7-9/h8-9H,3-7H2,1-2H3,(H,13,17)(H,14,18)/t8-,9+/m1/s1. The lowest BCUT2D eigenvalue weighted by atomic mass is 10.2. The molecule has 0 aromatic carbocycles. The van der Waals surface area contributed by atoms with Crippen molar-refractivity contribution in [3.8, 4) is 0 Å². The van der Waals surface area contributed by atoms with Crippen molar-refractivity contribution < 1.29 is 13.2 Å². The van der Waals surface area contributed by atoms with E-state index in [1.165, 1.54) is 16.3 Å². The van der Waals surface area contributed by atoms with Gasteiger partial charge in [-0.2, -0.15) is 0 Å². The van der Waals surface area contributed by atoms with Gasteiger partial charge in [0.25, 0.3) is 0 Å². The molecule has 0 spiro atoms. The Kier molecular flexibility index (Phi) is 5.32. The molecule has 0 radical (unpaired) electrons. The fourth-order valence-corrected chi connectivity index (χ4v) is 4.82. The van der Waals surface area contributed by atoms with Gasteiger partial charge in [-0.25, -0.2) is 18.3 Å². The molecule has 1 aliphatic heterocycles. The van der Waals surface area contributed by atoms with E-state index in [1.54, 1.807) is 6.92 Å². The summed E-state index contributed by atoms with van der Waals surface area (Å²) in [7, 11) is -3.02. The maximum absolute atomic E-state index is 12.1. The molecule has 2 heterocycles. The number of carbonyl (C=O) groups is 1. The van der Waals surface area contributed by atoms with E-state index in [4.69, 9.17) is 0 Å². The van der Waals surface area contributed by atoms with Gasteiger partial charge in [0.2, 0.25) is 5.91 Å². The van der Waals surface area contributed by atoms with E-state index in [0.717, 1.165) is 6.42 Å². The lowest BCUT2D eigenvalue weighted by molar-refractivity contribution is -0.120. The summed E-state index contributed by atoms with van der Waals surface area (Å²) in [5.74, 6) is -0.126. The van der Waals surface area contributed by atoms with Crippen LogP contribution in [0, 0.1) is 0 Å². The first kappa shape index (κ1) is 17.1. The number of amides is 1. The number of thioether (sulfide) groups is 1. The summed E-state index contributed by atoms with van der Waals surface area (Å²) < 4.78 is 24.3. The molecule has 8 nitrogen and oxygen atoms in total. The highest BCUT2D eigenvalue weighted by atomic mass is 32.2. The van der Waals surface area contributed by atoms with E-state index < -0.39 is 15.1 Å². The number of hydrogen-bond donors (Lipinski definition) is 2. The molecule has 1 aliphatic rings. The molecular formula is C12H20N4O4S2. The van der Waals surface area contributed by atoms with Crippen LogP contribution < -0.4 is 11.0 Å². The van der Waals surface area contributed by atoms with Crippen LogP contribution in [0.5, 0.6) is 0 Å². The van der Waals surface area contributed by atoms with Gasteiger partial charge in [-0.1, -0.05) is 18.7 Å². The number of nitrogens with one attached hydrogen (secondary N) is 2. The predicted molar refractivity (Wildman–Crippen MR) is 83.7 cm³/mol. The fourth-order valence-electron chi connectivity index (χ4n) is 2.25. The Morgan fingerprint density at radius 1 is 1.59 bits per heavy atom. The van der Waals surface area contributed by atoms with Gasteiger partial charge in [0, 0.05) is 12.6 Å². The molecule has 2 atom stereocenters. The molecule has 1 amide bonds. The smallest absolute Gasteiger partial charge is 0.343 e. The lowest BCUT2D eigenvalue weighted by Crippen LogP contribution is -2.40. The van der Waals surface area contributed by atoms with Crippen LogP contribution in [0.1, 0.15) is 26.7 Å². The van der Waals surface area contributed by atoms with E-state index >= 15 is 0 Å². The van der Waals surface area contributed by atoms with Crippen LogP contribution in [0.25, 0.3) is 0 Å². The summed E-state index contributed by atoms with van der Waals surface area (Å²) in [5, 5.41) is 9.05. The maximum Gasteiger partial charge on any atom is 0.343 e. The van der Waals surface area contributed by atoms with Crippen LogP contribution >= 0.6 is 11.8 Å². The number of rotatable bonds is 6. The number of aromatic nitrogens is 3. The van der Waals surface area contributed by atoms with Crippen LogP contribution in [-0.2, 0) is 21.2 Å². The Hall–Kier alpha value is -1.29. The minimum atomic E-state index is -3.02. The Labute approximate surface area is 133 Å². The van der Waals surface area contributed by atoms with Crippen molar-refractivity contribution in [3.63, 3.8) is 0 Å². The van der Waals surface area contributed by atoms with E-state index in [1.807, 2.05) is 6.92 Å². The van der Waals surface area contributed by atoms with Gasteiger partial charge in [-0.3, -0.25) is 9.36 Å². The van der Waals surface area contributed by atoms with Crippen molar-refractivity contribution in [1.29, 1.82) is 0 Å². The van der Waals surface area contributed by atoms with Crippen molar-refractivity contribution in [1.82, 2.24) is 20.1 Å². The molecule has 124 valence electrons. The molecule has 1 fully saturated rings. The molecule has 0 saturated carbocycles. The minimum absolute atomic E-state index is 0.000918. The van der Waals surface area contributed by atoms with Crippen molar-refractivity contribution in [2.24, 2.45) is 0 Å². The summed E-state index contributed by atoms with van der Waals surface area (Å²) in [6.45, 7) is 4.19. The third-order valence-corrected chi connectivity index (χ3v) is 6.26. The number of nitrogens with zero attached hydrogens (tertiary/aromatic N) is 2. The van der Waals surface area contributed by atoms with E-state index in [-0.39, 0.29) is 29.1 Å². The molecule has 1 aromatic heterocycles. The molecule has 0 aliphatic carbocycles. The summed E-state index contributed by atoms with van der Waals surface area (Å²) in [5.41, 5.74) is -0.293. The fraction of sp³-hybridized carbons (Fsp3) is 0.750. The summed E-state index contributed by atoms with van der Waals surface area (Å²) in [6.07, 6.45) is 1.24. The van der Waals surface area contributed by atoms with Crippen LogP contribution in [0.15, 0.2) is 9.95 Å². The first-order valence-electron chi connectivity index (χ1n) is 7.15. The van der Waals surface area contributed by atoms with Crippen molar-refractivity contribution in [2.45, 2.75) is 49.7 Å². The number of sulfone groups is 1. The molecule has 2 rings (SSSR count). The van der Waals surface area contributed by atoms with Gasteiger partial charge < -0.3 is 5.32 Å². The molecule has 1 saturated heterocycles. The van der Waals surface area contributed by atoms with Gasteiger partial charge in [0.1, 0.15) is 0 Å². The second-order valence-electron chi connectivity index (χ2n) is 5.33. The molecule has 0 unspecified atom stereocenters. The zero-order chi connectivity index (χ0) is 16.3. The molecule has 2 N–H and O–H groups in total. The van der Waals surface area contributed by atoms with Crippen molar-refractivity contribution >= 4 is 27.5 Å². The second-order valence-corrected chi connectivity index (χ2v) is 8.87. The average Bonchev–Trinajstić information content (AvgIpc) is 2.95. The third-order valence-electron chi connectivity index (χ3n) is 3.40. The summed E-state index contributed by atoms with van der Waals surface area (Å²) in [6, 6.07) is -0.322. The Morgan fingerprint density at radius 3 is 2.91 bits per heavy atom. The van der Waals surface area contributed by atoms with Gasteiger partial charge in [-0.15, -0.1) is 5.10 Å². The molecular weight excluding hydrogens is 328 g/mol. The number of H-pyrrole nitrogens is 1. The SMILES string of the molecule is CCCn1c(S[C@H](C)C(=O)N[C@H]2CCS(=O)(=O)C2)n[nH]c1=O. The number of hydrogen-bond acceptors (Lipinski definition) is 6. The predicted octanol–water partition coefficient (Wildman–Crippen LogP) is -0.235. The van der Waals surface area contributed by atoms with Gasteiger partial charge in [0.05, 0.1) is 16.8 Å². The monoisotopic (exact) mass is 348 g/mol. The highest BCUT2D eigenvalue weighted by Gasteiger charge is 2.30. The van der Waals surface area contributed by atoms with Gasteiger partial charge in [0.15, 0.2) is 15.0 Å². The van der Waals surface area contributed by atoms with E-state index in [0.29, 0.717) is 18.1 Å². The van der Waals surface area contributed by atoms with Crippen LogP contribution in [0.2, 0.25) is 0 Å². The maximum atomic E-state index is 12.1. The zero-order valence-corrected chi connectivity index (χ0v) is 14.2. The second kappa shape index (κ2) is 6.86.